The number of nitrogens with zero attached hydrogens (tertiary/aromatic N) is 2. The van der Waals surface area contributed by atoms with Gasteiger partial charge in [0.15, 0.2) is 0 Å². The van der Waals surface area contributed by atoms with Gasteiger partial charge in [-0.05, 0) is 12.8 Å². The van der Waals surface area contributed by atoms with Crippen molar-refractivity contribution in [3.05, 3.63) is 41.4 Å². The van der Waals surface area contributed by atoms with Crippen LogP contribution in [0, 0.1) is 0 Å². The molecule has 8 heteroatoms. The van der Waals surface area contributed by atoms with Gasteiger partial charge in [0.25, 0.3) is 22.2 Å². The minimum atomic E-state index is -0.338. The summed E-state index contributed by atoms with van der Waals surface area (Å²) in [5.74, 6) is 0. The molecule has 0 amide bonds. The Morgan fingerprint density at radius 3 is 1.15 bits per heavy atom. The zero-order valence-electron chi connectivity index (χ0n) is 15.0. The molecule has 0 saturated carbocycles. The van der Waals surface area contributed by atoms with Crippen molar-refractivity contribution in [1.82, 2.24) is 9.13 Å². The van der Waals surface area contributed by atoms with Crippen molar-refractivity contribution in [2.75, 3.05) is 0 Å². The van der Waals surface area contributed by atoms with Crippen molar-refractivity contribution in [2.24, 2.45) is 0 Å². The van der Waals surface area contributed by atoms with E-state index in [9.17, 15) is 19.2 Å². The molecule has 0 aliphatic heterocycles. The third-order valence-electron chi connectivity index (χ3n) is 4.55. The van der Waals surface area contributed by atoms with Gasteiger partial charge in [-0.3, -0.25) is 28.3 Å². The Kier molecular flexibility index (Phi) is 5.72. The maximum Gasteiger partial charge on any atom is 0.272 e. The molecule has 3 rings (SSSR count). The third-order valence-corrected chi connectivity index (χ3v) is 7.14. The number of rotatable bonds is 8. The number of hydrogen-bond acceptors (Lipinski definition) is 6. The van der Waals surface area contributed by atoms with Crippen LogP contribution in [0.5, 0.6) is 0 Å². The van der Waals surface area contributed by atoms with E-state index in [1.807, 2.05) is 0 Å². The Morgan fingerprint density at radius 2 is 0.885 bits per heavy atom. The van der Waals surface area contributed by atoms with E-state index in [0.29, 0.717) is 31.9 Å². The maximum absolute atomic E-state index is 12.6. The monoisotopic (exact) mass is 394 g/mol. The summed E-state index contributed by atoms with van der Waals surface area (Å²) in [6.07, 6.45) is 5.42. The summed E-state index contributed by atoms with van der Waals surface area (Å²) in [5.41, 5.74) is -1.35. The Labute approximate surface area is 157 Å². The van der Waals surface area contributed by atoms with Gasteiger partial charge in [-0.25, -0.2) is 0 Å². The first-order chi connectivity index (χ1) is 12.5. The third kappa shape index (κ3) is 3.16. The van der Waals surface area contributed by atoms with Crippen molar-refractivity contribution in [1.29, 1.82) is 0 Å². The van der Waals surface area contributed by atoms with Gasteiger partial charge in [0.1, 0.15) is 18.8 Å². The molecule has 0 radical (unpaired) electrons. The highest BCUT2D eigenvalue weighted by atomic mass is 32.1. The first-order valence-corrected chi connectivity index (χ1v) is 10.7. The van der Waals surface area contributed by atoms with Crippen LogP contribution in [0.1, 0.15) is 52.4 Å². The molecule has 6 nitrogen and oxygen atoms in total. The molecule has 140 valence electrons. The van der Waals surface area contributed by atoms with Crippen LogP contribution in [0.2, 0.25) is 0 Å². The minimum Gasteiger partial charge on any atom is -0.273 e. The molecule has 0 aromatic carbocycles. The van der Waals surface area contributed by atoms with Gasteiger partial charge in [-0.2, -0.15) is 0 Å². The highest BCUT2D eigenvalue weighted by molar-refractivity contribution is 7.36. The molecule has 26 heavy (non-hydrogen) atoms. The van der Waals surface area contributed by atoms with E-state index in [1.54, 1.807) is 0 Å². The average Bonchev–Trinajstić information content (AvgIpc) is 3.01. The lowest BCUT2D eigenvalue weighted by atomic mass is 10.2. The maximum atomic E-state index is 12.6. The van der Waals surface area contributed by atoms with Gasteiger partial charge in [-0.15, -0.1) is 22.7 Å². The summed E-state index contributed by atoms with van der Waals surface area (Å²) in [5, 5.41) is 0. The van der Waals surface area contributed by atoms with Crippen molar-refractivity contribution in [2.45, 2.75) is 65.5 Å². The normalized spacial score (nSPS) is 11.8. The molecule has 0 bridgehead atoms. The summed E-state index contributed by atoms with van der Waals surface area (Å²) in [6, 6.07) is 0. The molecule has 3 heterocycles. The Balaban J connectivity index is 2.15. The first kappa shape index (κ1) is 19.0. The van der Waals surface area contributed by atoms with Crippen molar-refractivity contribution in [3.63, 3.8) is 0 Å². The molecule has 0 N–H and O–H groups in total. The van der Waals surface area contributed by atoms with Crippen LogP contribution in [0.3, 0.4) is 0 Å². The van der Waals surface area contributed by atoms with E-state index in [4.69, 9.17) is 0 Å². The van der Waals surface area contributed by atoms with Crippen LogP contribution in [-0.2, 0) is 13.1 Å². The number of unbranched alkanes of at least 4 members (excludes halogenated alkanes) is 4. The topological polar surface area (TPSA) is 78.1 Å². The van der Waals surface area contributed by atoms with Crippen LogP contribution in [-0.4, -0.2) is 9.13 Å². The van der Waals surface area contributed by atoms with E-state index < -0.39 is 0 Å². The van der Waals surface area contributed by atoms with E-state index in [2.05, 4.69) is 13.8 Å². The second-order valence-electron chi connectivity index (χ2n) is 6.46. The van der Waals surface area contributed by atoms with Crippen molar-refractivity contribution < 1.29 is 0 Å². The molecular formula is C18H22N2O4S2. The Hall–Kier alpha value is -1.80. The molecule has 0 atom stereocenters. The van der Waals surface area contributed by atoms with Crippen LogP contribution in [0.15, 0.2) is 19.2 Å². The van der Waals surface area contributed by atoms with E-state index in [-0.39, 0.29) is 22.2 Å². The smallest absolute Gasteiger partial charge is 0.272 e. The predicted octanol–water partition coefficient (Wildman–Crippen LogP) is 2.98. The number of aromatic nitrogens is 2. The molecular weight excluding hydrogens is 372 g/mol. The van der Waals surface area contributed by atoms with Gasteiger partial charge in [0, 0.05) is 13.1 Å². The van der Waals surface area contributed by atoms with Crippen LogP contribution in [0.25, 0.3) is 18.8 Å². The quantitative estimate of drug-likeness (QED) is 0.550. The SMILES string of the molecule is CCCCCn1c(=O)c2sc3c(=O)n(CCCCC)c(=O)c3sc2c1=O. The van der Waals surface area contributed by atoms with Gasteiger partial charge < -0.3 is 0 Å². The molecule has 0 spiro atoms. The summed E-state index contributed by atoms with van der Waals surface area (Å²) in [7, 11) is 0. The highest BCUT2D eigenvalue weighted by Gasteiger charge is 2.20. The van der Waals surface area contributed by atoms with Gasteiger partial charge in [-0.1, -0.05) is 39.5 Å². The molecule has 0 aliphatic rings. The zero-order chi connectivity index (χ0) is 18.8. The minimum absolute atomic E-state index is 0.298. The Bertz CT molecular complexity index is 986. The molecule has 0 fully saturated rings. The molecule has 0 saturated heterocycles. The number of hydrogen-bond donors (Lipinski definition) is 0. The van der Waals surface area contributed by atoms with Gasteiger partial charge in [0.2, 0.25) is 0 Å². The molecule has 0 aliphatic carbocycles. The average molecular weight is 395 g/mol. The van der Waals surface area contributed by atoms with Crippen molar-refractivity contribution in [3.8, 4) is 0 Å². The summed E-state index contributed by atoms with van der Waals surface area (Å²) in [4.78, 5) is 50.4. The Morgan fingerprint density at radius 1 is 0.577 bits per heavy atom. The summed E-state index contributed by atoms with van der Waals surface area (Å²) < 4.78 is 3.68. The second-order valence-corrected chi connectivity index (χ2v) is 8.50. The van der Waals surface area contributed by atoms with Crippen LogP contribution in [0.4, 0.5) is 0 Å². The lowest BCUT2D eigenvalue weighted by Gasteiger charge is -1.98. The fraction of sp³-hybridized carbons (Fsp3) is 0.556. The largest absolute Gasteiger partial charge is 0.273 e. The van der Waals surface area contributed by atoms with Gasteiger partial charge >= 0.3 is 0 Å². The van der Waals surface area contributed by atoms with Crippen LogP contribution < -0.4 is 22.2 Å². The lowest BCUT2D eigenvalue weighted by molar-refractivity contribution is 0.584. The number of fused-ring (bicyclic) bond motifs is 2. The first-order valence-electron chi connectivity index (χ1n) is 9.07. The molecule has 0 unspecified atom stereocenters. The van der Waals surface area contributed by atoms with E-state index >= 15 is 0 Å². The standard InChI is InChI=1S/C18H22N2O4S2/c1-3-5-7-9-19-15(21)11-12(16(19)22)26-14-13(25-11)17(23)20(18(14)24)10-8-6-4-2/h3-10H2,1-2H3. The van der Waals surface area contributed by atoms with Crippen LogP contribution >= 0.6 is 22.7 Å². The van der Waals surface area contributed by atoms with E-state index in [1.165, 1.54) is 9.13 Å². The molecule has 3 aromatic heterocycles. The summed E-state index contributed by atoms with van der Waals surface area (Å²) >= 11 is 1.99. The molecule has 3 aromatic rings. The predicted molar refractivity (Wildman–Crippen MR) is 109 cm³/mol. The summed E-state index contributed by atoms with van der Waals surface area (Å²) in [6.45, 7) is 4.88. The lowest BCUT2D eigenvalue weighted by Crippen LogP contribution is -2.25. The highest BCUT2D eigenvalue weighted by Crippen LogP contribution is 2.26. The second kappa shape index (κ2) is 7.84. The fourth-order valence-corrected chi connectivity index (χ4v) is 5.49. The van der Waals surface area contributed by atoms with E-state index in [0.717, 1.165) is 61.2 Å². The van der Waals surface area contributed by atoms with Crippen molar-refractivity contribution >= 4 is 41.5 Å². The van der Waals surface area contributed by atoms with Gasteiger partial charge in [0.05, 0.1) is 0 Å². The fourth-order valence-electron chi connectivity index (χ4n) is 3.07. The zero-order valence-corrected chi connectivity index (χ0v) is 16.6.